The van der Waals surface area contributed by atoms with Crippen LogP contribution in [0.15, 0.2) is 18.3 Å². The third-order valence-electron chi connectivity index (χ3n) is 2.78. The molecule has 5 nitrogen and oxygen atoms in total. The molecule has 0 saturated heterocycles. The number of pyridine rings is 1. The maximum Gasteiger partial charge on any atom is 0.337 e. The normalized spacial score (nSPS) is 14.4. The zero-order chi connectivity index (χ0) is 12.3. The number of rotatable bonds is 5. The maximum atomic E-state index is 11.6. The predicted octanol–water partition coefficient (Wildman–Crippen LogP) is 1.31. The van der Waals surface area contributed by atoms with Crippen molar-refractivity contribution in [3.05, 3.63) is 29.6 Å². The Kier molecular flexibility index (Phi) is 3.37. The van der Waals surface area contributed by atoms with Gasteiger partial charge in [-0.1, -0.05) is 12.8 Å². The largest absolute Gasteiger partial charge is 0.478 e. The zero-order valence-electron chi connectivity index (χ0n) is 9.35. The lowest BCUT2D eigenvalue weighted by atomic mass is 10.2. The average Bonchev–Trinajstić information content (AvgIpc) is 3.13. The van der Waals surface area contributed by atoms with Crippen LogP contribution in [-0.2, 0) is 0 Å². The minimum atomic E-state index is -1.04. The van der Waals surface area contributed by atoms with E-state index in [0.717, 1.165) is 12.3 Å². The molecule has 1 aromatic heterocycles. The molecule has 0 aromatic carbocycles. The molecule has 0 spiro atoms. The summed E-state index contributed by atoms with van der Waals surface area (Å²) >= 11 is 0. The van der Waals surface area contributed by atoms with Crippen LogP contribution in [0.25, 0.3) is 0 Å². The van der Waals surface area contributed by atoms with E-state index in [9.17, 15) is 9.59 Å². The fourth-order valence-corrected chi connectivity index (χ4v) is 1.54. The molecule has 0 radical (unpaired) electrons. The van der Waals surface area contributed by atoms with Crippen molar-refractivity contribution < 1.29 is 14.7 Å². The van der Waals surface area contributed by atoms with E-state index in [-0.39, 0.29) is 17.2 Å². The number of nitrogens with zero attached hydrogens (tertiary/aromatic N) is 1. The van der Waals surface area contributed by atoms with Crippen LogP contribution in [0.1, 0.15) is 40.1 Å². The molecule has 1 amide bonds. The van der Waals surface area contributed by atoms with Crippen molar-refractivity contribution in [3.63, 3.8) is 0 Å². The molecule has 17 heavy (non-hydrogen) atoms. The first-order chi connectivity index (χ1) is 8.16. The van der Waals surface area contributed by atoms with Crippen molar-refractivity contribution in [1.29, 1.82) is 0 Å². The molecule has 90 valence electrons. The van der Waals surface area contributed by atoms with Gasteiger partial charge in [-0.2, -0.15) is 0 Å². The highest BCUT2D eigenvalue weighted by Crippen LogP contribution is 2.31. The molecule has 1 aliphatic rings. The Labute approximate surface area is 98.9 Å². The molecule has 1 aromatic rings. The Morgan fingerprint density at radius 1 is 1.41 bits per heavy atom. The number of carbonyl (C=O) groups is 2. The van der Waals surface area contributed by atoms with Crippen molar-refractivity contribution in [2.45, 2.75) is 19.3 Å². The number of nitrogens with one attached hydrogen (secondary N) is 1. The molecule has 2 N–H and O–H groups in total. The number of hydrogen-bond acceptors (Lipinski definition) is 3. The lowest BCUT2D eigenvalue weighted by Crippen LogP contribution is -2.25. The van der Waals surface area contributed by atoms with Crippen molar-refractivity contribution in [3.8, 4) is 0 Å². The fourth-order valence-electron chi connectivity index (χ4n) is 1.54. The molecule has 0 atom stereocenters. The van der Waals surface area contributed by atoms with Crippen LogP contribution in [-0.4, -0.2) is 28.5 Å². The maximum absolute atomic E-state index is 11.6. The minimum Gasteiger partial charge on any atom is -0.478 e. The van der Waals surface area contributed by atoms with Gasteiger partial charge in [-0.05, 0) is 24.5 Å². The van der Waals surface area contributed by atoms with Crippen molar-refractivity contribution in [1.82, 2.24) is 10.3 Å². The Morgan fingerprint density at radius 2 is 2.18 bits per heavy atom. The molecule has 0 bridgehead atoms. The quantitative estimate of drug-likeness (QED) is 0.805. The van der Waals surface area contributed by atoms with Gasteiger partial charge in [0.15, 0.2) is 0 Å². The van der Waals surface area contributed by atoms with Gasteiger partial charge < -0.3 is 10.4 Å². The van der Waals surface area contributed by atoms with Gasteiger partial charge in [-0.3, -0.25) is 9.78 Å². The first kappa shape index (κ1) is 11.6. The zero-order valence-corrected chi connectivity index (χ0v) is 9.35. The number of carboxylic acids is 1. The van der Waals surface area contributed by atoms with Gasteiger partial charge in [0.05, 0.1) is 5.56 Å². The Balaban J connectivity index is 1.86. The molecule has 1 aliphatic carbocycles. The topological polar surface area (TPSA) is 79.3 Å². The highest BCUT2D eigenvalue weighted by Gasteiger charge is 2.20. The Hall–Kier alpha value is -1.91. The van der Waals surface area contributed by atoms with Crippen molar-refractivity contribution in [2.24, 2.45) is 5.92 Å². The van der Waals surface area contributed by atoms with E-state index in [0.29, 0.717) is 6.54 Å². The lowest BCUT2D eigenvalue weighted by molar-refractivity contribution is 0.0695. The van der Waals surface area contributed by atoms with Crippen LogP contribution in [0, 0.1) is 5.92 Å². The second-order valence-electron chi connectivity index (χ2n) is 4.23. The smallest absolute Gasteiger partial charge is 0.337 e. The summed E-state index contributed by atoms with van der Waals surface area (Å²) in [6.07, 6.45) is 4.74. The molecular weight excluding hydrogens is 220 g/mol. The number of hydrogen-bond donors (Lipinski definition) is 2. The number of carboxylic acid groups (broad SMARTS) is 1. The van der Waals surface area contributed by atoms with Gasteiger partial charge >= 0.3 is 5.97 Å². The minimum absolute atomic E-state index is 0.0829. The molecule has 1 heterocycles. The standard InChI is InChI=1S/C12H14N2O3/c15-11(13-6-5-8-1-2-8)10-4-3-9(7-14-10)12(16)17/h3-4,7-8H,1-2,5-6H2,(H,13,15)(H,16,17). The third kappa shape index (κ3) is 3.27. The van der Waals surface area contributed by atoms with E-state index < -0.39 is 5.97 Å². The molecule has 0 unspecified atom stereocenters. The predicted molar refractivity (Wildman–Crippen MR) is 60.9 cm³/mol. The summed E-state index contributed by atoms with van der Waals surface area (Å²) in [7, 11) is 0. The summed E-state index contributed by atoms with van der Waals surface area (Å²) in [6, 6.07) is 2.81. The second-order valence-corrected chi connectivity index (χ2v) is 4.23. The van der Waals surface area contributed by atoms with Crippen molar-refractivity contribution >= 4 is 11.9 Å². The molecule has 1 saturated carbocycles. The van der Waals surface area contributed by atoms with E-state index in [1.54, 1.807) is 0 Å². The molecule has 2 rings (SSSR count). The van der Waals surface area contributed by atoms with Crippen LogP contribution >= 0.6 is 0 Å². The van der Waals surface area contributed by atoms with Crippen LogP contribution in [0.3, 0.4) is 0 Å². The van der Waals surface area contributed by atoms with Gasteiger partial charge in [0.2, 0.25) is 0 Å². The van der Waals surface area contributed by atoms with Crippen LogP contribution in [0.2, 0.25) is 0 Å². The third-order valence-corrected chi connectivity index (χ3v) is 2.78. The second kappa shape index (κ2) is 4.95. The summed E-state index contributed by atoms with van der Waals surface area (Å²) < 4.78 is 0. The van der Waals surface area contributed by atoms with E-state index in [4.69, 9.17) is 5.11 Å². The molecule has 0 aliphatic heterocycles. The van der Waals surface area contributed by atoms with Gasteiger partial charge in [0.1, 0.15) is 5.69 Å². The van der Waals surface area contributed by atoms with Gasteiger partial charge in [-0.15, -0.1) is 0 Å². The Morgan fingerprint density at radius 3 is 2.71 bits per heavy atom. The highest BCUT2D eigenvalue weighted by atomic mass is 16.4. The average molecular weight is 234 g/mol. The van der Waals surface area contributed by atoms with Crippen LogP contribution in [0.4, 0.5) is 0 Å². The monoisotopic (exact) mass is 234 g/mol. The van der Waals surface area contributed by atoms with Gasteiger partial charge in [0.25, 0.3) is 5.91 Å². The first-order valence-electron chi connectivity index (χ1n) is 5.64. The number of carbonyl (C=O) groups excluding carboxylic acids is 1. The van der Waals surface area contributed by atoms with Crippen LogP contribution in [0.5, 0.6) is 0 Å². The summed E-state index contributed by atoms with van der Waals surface area (Å²) in [5.74, 6) is -0.515. The van der Waals surface area contributed by atoms with E-state index in [1.165, 1.54) is 31.2 Å². The van der Waals surface area contributed by atoms with Gasteiger partial charge in [0, 0.05) is 12.7 Å². The Bertz CT molecular complexity index is 424. The lowest BCUT2D eigenvalue weighted by Gasteiger charge is -2.03. The number of aromatic nitrogens is 1. The van der Waals surface area contributed by atoms with Crippen molar-refractivity contribution in [2.75, 3.05) is 6.54 Å². The van der Waals surface area contributed by atoms with Crippen LogP contribution < -0.4 is 5.32 Å². The summed E-state index contributed by atoms with van der Waals surface area (Å²) in [5.41, 5.74) is 0.338. The van der Waals surface area contributed by atoms with E-state index >= 15 is 0 Å². The summed E-state index contributed by atoms with van der Waals surface area (Å²) in [6.45, 7) is 0.659. The van der Waals surface area contributed by atoms with E-state index in [2.05, 4.69) is 10.3 Å². The highest BCUT2D eigenvalue weighted by molar-refractivity contribution is 5.93. The number of amides is 1. The number of aromatic carboxylic acids is 1. The molecule has 1 fully saturated rings. The van der Waals surface area contributed by atoms with E-state index in [1.807, 2.05) is 0 Å². The molecular formula is C12H14N2O3. The molecule has 5 heteroatoms. The summed E-state index contributed by atoms with van der Waals surface area (Å²) in [5, 5.41) is 11.5. The first-order valence-corrected chi connectivity index (χ1v) is 5.64. The van der Waals surface area contributed by atoms with Gasteiger partial charge in [-0.25, -0.2) is 4.79 Å². The summed E-state index contributed by atoms with van der Waals surface area (Å²) in [4.78, 5) is 26.0. The fraction of sp³-hybridized carbons (Fsp3) is 0.417. The SMILES string of the molecule is O=C(O)c1ccc(C(=O)NCCC2CC2)nc1.